The van der Waals surface area contributed by atoms with Crippen LogP contribution in [-0.2, 0) is 0 Å². The van der Waals surface area contributed by atoms with Crippen LogP contribution in [0.2, 0.25) is 0 Å². The molecule has 0 spiro atoms. The lowest BCUT2D eigenvalue weighted by Crippen LogP contribution is -2.34. The minimum absolute atomic E-state index is 0.259. The van der Waals surface area contributed by atoms with Crippen molar-refractivity contribution in [1.29, 1.82) is 0 Å². The van der Waals surface area contributed by atoms with Crippen molar-refractivity contribution in [2.24, 2.45) is 5.73 Å². The molecule has 0 amide bonds. The van der Waals surface area contributed by atoms with Gasteiger partial charge in [-0.15, -0.1) is 0 Å². The lowest BCUT2D eigenvalue weighted by Gasteiger charge is -2.29. The highest BCUT2D eigenvalue weighted by Gasteiger charge is 2.20. The zero-order valence-electron chi connectivity index (χ0n) is 9.71. The Labute approximate surface area is 95.1 Å². The van der Waals surface area contributed by atoms with E-state index in [-0.39, 0.29) is 12.6 Å². The summed E-state index contributed by atoms with van der Waals surface area (Å²) in [6.45, 7) is 5.75. The molecule has 0 bridgehead atoms. The third-order valence-corrected chi connectivity index (χ3v) is 2.79. The Morgan fingerprint density at radius 1 is 1.25 bits per heavy atom. The second-order valence-corrected chi connectivity index (χ2v) is 3.64. The minimum Gasteiger partial charge on any atom is -0.329 e. The van der Waals surface area contributed by atoms with E-state index in [2.05, 4.69) is 0 Å². The van der Waals surface area contributed by atoms with E-state index in [1.165, 1.54) is 6.07 Å². The van der Waals surface area contributed by atoms with Gasteiger partial charge in [-0.05, 0) is 31.3 Å². The van der Waals surface area contributed by atoms with E-state index in [0.717, 1.165) is 25.2 Å². The number of likely N-dealkylation sites (N-methyl/N-ethyl adjacent to an activating group) is 1. The van der Waals surface area contributed by atoms with E-state index in [9.17, 15) is 8.78 Å². The van der Waals surface area contributed by atoms with Crippen LogP contribution in [0.15, 0.2) is 18.2 Å². The molecule has 0 aliphatic rings. The molecule has 0 heterocycles. The number of halogens is 2. The normalized spacial score (nSPS) is 13.1. The Morgan fingerprint density at radius 2 is 1.88 bits per heavy atom. The molecule has 0 aromatic heterocycles. The first kappa shape index (κ1) is 13.1. The molecular weight excluding hydrogens is 210 g/mol. The van der Waals surface area contributed by atoms with Gasteiger partial charge < -0.3 is 5.73 Å². The summed E-state index contributed by atoms with van der Waals surface area (Å²) < 4.78 is 26.7. The average Bonchev–Trinajstić information content (AvgIpc) is 2.29. The van der Waals surface area contributed by atoms with Gasteiger partial charge in [0.15, 0.2) is 0 Å². The third kappa shape index (κ3) is 2.77. The Balaban J connectivity index is 3.06. The molecule has 1 atom stereocenters. The van der Waals surface area contributed by atoms with Gasteiger partial charge in [-0.25, -0.2) is 8.78 Å². The van der Waals surface area contributed by atoms with Gasteiger partial charge in [-0.3, -0.25) is 4.90 Å². The lowest BCUT2D eigenvalue weighted by atomic mass is 10.0. The number of benzene rings is 1. The largest absolute Gasteiger partial charge is 0.329 e. The van der Waals surface area contributed by atoms with Crippen molar-refractivity contribution >= 4 is 0 Å². The number of nitrogens with zero attached hydrogens (tertiary/aromatic N) is 1. The summed E-state index contributed by atoms with van der Waals surface area (Å²) in [4.78, 5) is 2.01. The van der Waals surface area contributed by atoms with Crippen LogP contribution >= 0.6 is 0 Å². The Morgan fingerprint density at radius 3 is 2.38 bits per heavy atom. The first-order chi connectivity index (χ1) is 7.63. The van der Waals surface area contributed by atoms with E-state index in [1.54, 1.807) is 0 Å². The van der Waals surface area contributed by atoms with Crippen molar-refractivity contribution in [1.82, 2.24) is 4.90 Å². The van der Waals surface area contributed by atoms with Gasteiger partial charge >= 0.3 is 0 Å². The molecule has 0 saturated carbocycles. The van der Waals surface area contributed by atoms with Crippen LogP contribution in [0.4, 0.5) is 8.78 Å². The predicted octanol–water partition coefficient (Wildman–Crippen LogP) is 2.31. The van der Waals surface area contributed by atoms with Crippen molar-refractivity contribution in [2.45, 2.75) is 19.9 Å². The molecule has 2 N–H and O–H groups in total. The molecule has 1 aromatic rings. The fourth-order valence-corrected chi connectivity index (χ4v) is 1.91. The fourth-order valence-electron chi connectivity index (χ4n) is 1.91. The zero-order valence-corrected chi connectivity index (χ0v) is 9.71. The van der Waals surface area contributed by atoms with Crippen molar-refractivity contribution in [3.63, 3.8) is 0 Å². The maximum absolute atomic E-state index is 13.6. The van der Waals surface area contributed by atoms with Crippen molar-refractivity contribution in [3.8, 4) is 0 Å². The molecule has 1 aromatic carbocycles. The molecule has 0 saturated heterocycles. The molecule has 1 unspecified atom stereocenters. The van der Waals surface area contributed by atoms with Gasteiger partial charge in [0.1, 0.15) is 11.6 Å². The topological polar surface area (TPSA) is 29.3 Å². The van der Waals surface area contributed by atoms with Crippen LogP contribution in [0.3, 0.4) is 0 Å². The second-order valence-electron chi connectivity index (χ2n) is 3.64. The smallest absolute Gasteiger partial charge is 0.128 e. The number of hydrogen-bond donors (Lipinski definition) is 1. The van der Waals surface area contributed by atoms with E-state index in [4.69, 9.17) is 5.73 Å². The number of nitrogens with two attached hydrogens (primary N) is 1. The van der Waals surface area contributed by atoms with Crippen LogP contribution < -0.4 is 5.73 Å². The van der Waals surface area contributed by atoms with E-state index in [1.807, 2.05) is 18.7 Å². The molecule has 0 aliphatic carbocycles. The molecule has 90 valence electrons. The van der Waals surface area contributed by atoms with Crippen molar-refractivity contribution < 1.29 is 8.78 Å². The van der Waals surface area contributed by atoms with Crippen LogP contribution in [0.25, 0.3) is 0 Å². The first-order valence-corrected chi connectivity index (χ1v) is 5.53. The van der Waals surface area contributed by atoms with Gasteiger partial charge in [0.25, 0.3) is 0 Å². The van der Waals surface area contributed by atoms with Gasteiger partial charge in [0.2, 0.25) is 0 Å². The maximum atomic E-state index is 13.6. The molecule has 2 nitrogen and oxygen atoms in total. The Kier molecular flexibility index (Phi) is 4.83. The molecule has 0 aliphatic heterocycles. The van der Waals surface area contributed by atoms with Gasteiger partial charge in [0, 0.05) is 18.2 Å². The van der Waals surface area contributed by atoms with Gasteiger partial charge in [0.05, 0.1) is 0 Å². The lowest BCUT2D eigenvalue weighted by molar-refractivity contribution is 0.219. The summed E-state index contributed by atoms with van der Waals surface area (Å²) in [7, 11) is 0. The third-order valence-electron chi connectivity index (χ3n) is 2.79. The summed E-state index contributed by atoms with van der Waals surface area (Å²) in [5.74, 6) is -0.828. The highest BCUT2D eigenvalue weighted by Crippen LogP contribution is 2.23. The van der Waals surface area contributed by atoms with Crippen molar-refractivity contribution in [2.75, 3.05) is 19.6 Å². The molecule has 0 radical (unpaired) electrons. The van der Waals surface area contributed by atoms with Crippen LogP contribution in [0, 0.1) is 11.6 Å². The van der Waals surface area contributed by atoms with Gasteiger partial charge in [-0.2, -0.15) is 0 Å². The van der Waals surface area contributed by atoms with E-state index >= 15 is 0 Å². The SMILES string of the molecule is CCN(CC)C(CN)c1cc(F)ccc1F. The summed E-state index contributed by atoms with van der Waals surface area (Å²) in [6, 6.07) is 3.24. The second kappa shape index (κ2) is 5.92. The summed E-state index contributed by atoms with van der Waals surface area (Å²) >= 11 is 0. The monoisotopic (exact) mass is 228 g/mol. The molecular formula is C12H18F2N2. The standard InChI is InChI=1S/C12H18F2N2/c1-3-16(4-2)12(8-15)10-7-9(13)5-6-11(10)14/h5-7,12H,3-4,8,15H2,1-2H3. The van der Waals surface area contributed by atoms with Crippen molar-refractivity contribution in [3.05, 3.63) is 35.4 Å². The van der Waals surface area contributed by atoms with E-state index in [0.29, 0.717) is 5.56 Å². The summed E-state index contributed by atoms with van der Waals surface area (Å²) in [5.41, 5.74) is 5.98. The minimum atomic E-state index is -0.429. The Hall–Kier alpha value is -1.00. The molecule has 0 fully saturated rings. The highest BCUT2D eigenvalue weighted by atomic mass is 19.1. The number of rotatable bonds is 5. The Bertz CT molecular complexity index is 338. The zero-order chi connectivity index (χ0) is 12.1. The maximum Gasteiger partial charge on any atom is 0.128 e. The molecule has 16 heavy (non-hydrogen) atoms. The van der Waals surface area contributed by atoms with Crippen LogP contribution in [0.1, 0.15) is 25.5 Å². The van der Waals surface area contributed by atoms with Gasteiger partial charge in [-0.1, -0.05) is 13.8 Å². The average molecular weight is 228 g/mol. The molecule has 1 rings (SSSR count). The predicted molar refractivity (Wildman–Crippen MR) is 61.1 cm³/mol. The summed E-state index contributed by atoms with van der Waals surface area (Å²) in [6.07, 6.45) is 0. The van der Waals surface area contributed by atoms with Crippen LogP contribution in [0.5, 0.6) is 0 Å². The van der Waals surface area contributed by atoms with E-state index < -0.39 is 11.6 Å². The fraction of sp³-hybridized carbons (Fsp3) is 0.500. The summed E-state index contributed by atoms with van der Waals surface area (Å²) in [5, 5.41) is 0. The first-order valence-electron chi connectivity index (χ1n) is 5.53. The quantitative estimate of drug-likeness (QED) is 0.838. The number of hydrogen-bond acceptors (Lipinski definition) is 2. The molecule has 4 heteroatoms. The highest BCUT2D eigenvalue weighted by molar-refractivity contribution is 5.22. The van der Waals surface area contributed by atoms with Crippen LogP contribution in [-0.4, -0.2) is 24.5 Å².